The number of hydrogen-bond acceptors (Lipinski definition) is 7. The second-order valence-corrected chi connectivity index (χ2v) is 19.8. The van der Waals surface area contributed by atoms with Crippen LogP contribution in [0.1, 0.15) is 265 Å². The molecule has 7 heteroatoms. The van der Waals surface area contributed by atoms with E-state index in [9.17, 15) is 15.3 Å². The third-order valence-corrected chi connectivity index (χ3v) is 13.5. The van der Waals surface area contributed by atoms with Crippen molar-refractivity contribution in [2.24, 2.45) is 4.99 Å². The van der Waals surface area contributed by atoms with Crippen molar-refractivity contribution in [1.82, 2.24) is 15.1 Å². The molecule has 4 N–H and O–H groups in total. The quantitative estimate of drug-likeness (QED) is 0.0360. The smallest absolute Gasteiger partial charge is 0.0667 e. The van der Waals surface area contributed by atoms with E-state index in [2.05, 4.69) is 35.9 Å². The Morgan fingerprint density at radius 3 is 1.38 bits per heavy atom. The highest BCUT2D eigenvalue weighted by molar-refractivity contribution is 5.84. The SMILES string of the molecule is CCCCCCCCCCCCCCCCCCC(CC(C)O)=NCCN1CCNCC1CCN(CC(O)CCCCCCCCCC)CC(O)CCCCCCCCCC. The Morgan fingerprint density at radius 2 is 0.967 bits per heavy atom. The molecule has 7 nitrogen and oxygen atoms in total. The molecule has 0 bridgehead atoms. The standard InChI is InChI=1S/C54H110N4O3/c1-5-8-11-14-17-20-21-22-23-24-25-26-27-28-31-34-37-51(46-50(4)59)56-42-45-58-44-41-55-47-52(58)40-43-57(48-53(60)38-35-32-29-18-15-12-9-6-2)49-54(61)39-36-33-30-19-16-13-10-7-3/h50,52-55,59-61H,5-49H2,1-4H3. The van der Waals surface area contributed by atoms with Gasteiger partial charge in [0.15, 0.2) is 0 Å². The molecule has 0 aromatic heterocycles. The van der Waals surface area contributed by atoms with Crippen LogP contribution < -0.4 is 5.32 Å². The molecule has 0 amide bonds. The first kappa shape index (κ1) is 58.4. The lowest BCUT2D eigenvalue weighted by atomic mass is 10.0. The van der Waals surface area contributed by atoms with Crippen LogP contribution in [0.25, 0.3) is 0 Å². The van der Waals surface area contributed by atoms with Gasteiger partial charge in [-0.3, -0.25) is 14.8 Å². The number of nitrogens with zero attached hydrogens (tertiary/aromatic N) is 3. The van der Waals surface area contributed by atoms with Crippen LogP contribution in [0.15, 0.2) is 4.99 Å². The molecule has 1 fully saturated rings. The Labute approximate surface area is 381 Å². The van der Waals surface area contributed by atoms with Gasteiger partial charge in [-0.1, -0.05) is 220 Å². The van der Waals surface area contributed by atoms with Gasteiger partial charge in [0, 0.05) is 57.4 Å². The summed E-state index contributed by atoms with van der Waals surface area (Å²) in [7, 11) is 0. The highest BCUT2D eigenvalue weighted by atomic mass is 16.3. The summed E-state index contributed by atoms with van der Waals surface area (Å²) >= 11 is 0. The summed E-state index contributed by atoms with van der Waals surface area (Å²) < 4.78 is 0. The van der Waals surface area contributed by atoms with Gasteiger partial charge in [0.1, 0.15) is 0 Å². The van der Waals surface area contributed by atoms with Crippen molar-refractivity contribution in [3.8, 4) is 0 Å². The minimum Gasteiger partial charge on any atom is -0.393 e. The van der Waals surface area contributed by atoms with Crippen LogP contribution >= 0.6 is 0 Å². The molecule has 1 saturated heterocycles. The molecule has 1 aliphatic rings. The molecule has 0 aromatic rings. The third kappa shape index (κ3) is 38.4. The van der Waals surface area contributed by atoms with Crippen LogP contribution in [0.4, 0.5) is 0 Å². The lowest BCUT2D eigenvalue weighted by Crippen LogP contribution is -2.53. The van der Waals surface area contributed by atoms with Gasteiger partial charge in [0.25, 0.3) is 0 Å². The van der Waals surface area contributed by atoms with Crippen LogP contribution in [0, 0.1) is 0 Å². The summed E-state index contributed by atoms with van der Waals surface area (Å²) in [6, 6.07) is 0.432. The van der Waals surface area contributed by atoms with Crippen molar-refractivity contribution in [2.75, 3.05) is 52.4 Å². The lowest BCUT2D eigenvalue weighted by Gasteiger charge is -2.37. The van der Waals surface area contributed by atoms with Gasteiger partial charge in [0.2, 0.25) is 0 Å². The molecule has 0 radical (unpaired) electrons. The predicted octanol–water partition coefficient (Wildman–Crippen LogP) is 13.6. The van der Waals surface area contributed by atoms with Crippen molar-refractivity contribution in [3.05, 3.63) is 0 Å². The van der Waals surface area contributed by atoms with Crippen molar-refractivity contribution in [2.45, 2.75) is 290 Å². The lowest BCUT2D eigenvalue weighted by molar-refractivity contribution is 0.0525. The fourth-order valence-corrected chi connectivity index (χ4v) is 9.58. The minimum absolute atomic E-state index is 0.327. The summed E-state index contributed by atoms with van der Waals surface area (Å²) in [5.74, 6) is 0. The van der Waals surface area contributed by atoms with E-state index in [-0.39, 0.29) is 18.3 Å². The van der Waals surface area contributed by atoms with E-state index in [4.69, 9.17) is 4.99 Å². The zero-order chi connectivity index (χ0) is 44.3. The maximum absolute atomic E-state index is 11.2. The Balaban J connectivity index is 2.52. The second-order valence-electron chi connectivity index (χ2n) is 19.8. The number of piperazine rings is 1. The van der Waals surface area contributed by atoms with Gasteiger partial charge in [-0.15, -0.1) is 0 Å². The fourth-order valence-electron chi connectivity index (χ4n) is 9.58. The van der Waals surface area contributed by atoms with Crippen molar-refractivity contribution in [3.63, 3.8) is 0 Å². The molecule has 61 heavy (non-hydrogen) atoms. The number of aliphatic imine (C=N–C) groups is 1. The molecule has 0 saturated carbocycles. The molecule has 1 heterocycles. The molecule has 4 unspecified atom stereocenters. The van der Waals surface area contributed by atoms with E-state index >= 15 is 0 Å². The van der Waals surface area contributed by atoms with E-state index in [1.807, 2.05) is 6.92 Å². The number of nitrogens with one attached hydrogen (secondary N) is 1. The van der Waals surface area contributed by atoms with Crippen LogP contribution in [0.5, 0.6) is 0 Å². The second kappa shape index (κ2) is 44.6. The maximum Gasteiger partial charge on any atom is 0.0667 e. The Hall–Kier alpha value is -0.570. The number of aliphatic hydroxyl groups excluding tert-OH is 3. The Kier molecular flexibility index (Phi) is 42.8. The van der Waals surface area contributed by atoms with Gasteiger partial charge in [-0.25, -0.2) is 0 Å². The van der Waals surface area contributed by atoms with Crippen molar-refractivity contribution < 1.29 is 15.3 Å². The minimum atomic E-state index is -0.338. The van der Waals surface area contributed by atoms with Gasteiger partial charge in [0.05, 0.1) is 24.9 Å². The van der Waals surface area contributed by atoms with Gasteiger partial charge in [-0.05, 0) is 45.6 Å². The van der Waals surface area contributed by atoms with Gasteiger partial charge in [-0.2, -0.15) is 0 Å². The van der Waals surface area contributed by atoms with Crippen molar-refractivity contribution >= 4 is 5.71 Å². The molecular weight excluding hydrogens is 753 g/mol. The zero-order valence-electron chi connectivity index (χ0n) is 41.8. The van der Waals surface area contributed by atoms with Gasteiger partial charge < -0.3 is 20.6 Å². The first-order valence-corrected chi connectivity index (χ1v) is 27.6. The fraction of sp³-hybridized carbons (Fsp3) is 0.981. The molecule has 1 rings (SSSR count). The first-order valence-electron chi connectivity index (χ1n) is 27.6. The molecular formula is C54H110N4O3. The van der Waals surface area contributed by atoms with Crippen molar-refractivity contribution in [1.29, 1.82) is 0 Å². The molecule has 0 spiro atoms. The normalized spacial score (nSPS) is 16.8. The molecule has 0 aliphatic carbocycles. The highest BCUT2D eigenvalue weighted by Crippen LogP contribution is 2.18. The maximum atomic E-state index is 11.2. The number of rotatable bonds is 47. The Bertz CT molecular complexity index is 891. The largest absolute Gasteiger partial charge is 0.393 e. The number of hydrogen-bond donors (Lipinski definition) is 4. The van der Waals surface area contributed by atoms with Gasteiger partial charge >= 0.3 is 0 Å². The molecule has 0 aromatic carbocycles. The number of aliphatic hydroxyl groups is 3. The monoisotopic (exact) mass is 863 g/mol. The van der Waals surface area contributed by atoms with Crippen LogP contribution in [-0.4, -0.2) is 108 Å². The summed E-state index contributed by atoms with van der Waals surface area (Å²) in [6.07, 6.45) is 46.2. The average molecular weight is 863 g/mol. The Morgan fingerprint density at radius 1 is 0.574 bits per heavy atom. The molecule has 1 aliphatic heterocycles. The van der Waals surface area contributed by atoms with Crippen LogP contribution in [0.3, 0.4) is 0 Å². The number of unbranched alkanes of at least 4 members (excludes halogenated alkanes) is 29. The van der Waals surface area contributed by atoms with E-state index < -0.39 is 0 Å². The van der Waals surface area contributed by atoms with E-state index in [0.717, 1.165) is 77.8 Å². The van der Waals surface area contributed by atoms with E-state index in [0.29, 0.717) is 25.6 Å². The van der Waals surface area contributed by atoms with E-state index in [1.165, 1.54) is 198 Å². The average Bonchev–Trinajstić information content (AvgIpc) is 3.24. The summed E-state index contributed by atoms with van der Waals surface area (Å²) in [6.45, 7) is 15.8. The first-order chi connectivity index (χ1) is 29.9. The van der Waals surface area contributed by atoms with E-state index in [1.54, 1.807) is 0 Å². The van der Waals surface area contributed by atoms with Crippen LogP contribution in [0.2, 0.25) is 0 Å². The topological polar surface area (TPSA) is 91.6 Å². The third-order valence-electron chi connectivity index (χ3n) is 13.5. The molecule has 364 valence electrons. The predicted molar refractivity (Wildman–Crippen MR) is 269 cm³/mol. The summed E-state index contributed by atoms with van der Waals surface area (Å²) in [4.78, 5) is 10.1. The summed E-state index contributed by atoms with van der Waals surface area (Å²) in [5, 5.41) is 36.3. The highest BCUT2D eigenvalue weighted by Gasteiger charge is 2.24. The van der Waals surface area contributed by atoms with Crippen LogP contribution in [-0.2, 0) is 0 Å². The summed E-state index contributed by atoms with van der Waals surface area (Å²) in [5.41, 5.74) is 1.20. The zero-order valence-corrected chi connectivity index (χ0v) is 41.8. The molecule has 4 atom stereocenters.